The molecule has 1 saturated heterocycles. The minimum atomic E-state index is -0.100. The highest BCUT2D eigenvalue weighted by Gasteiger charge is 2.33. The summed E-state index contributed by atoms with van der Waals surface area (Å²) in [5.74, 6) is 1.29. The second-order valence-corrected chi connectivity index (χ2v) is 10.1. The van der Waals surface area contributed by atoms with Gasteiger partial charge in [-0.2, -0.15) is 4.98 Å². The number of nitrogens with zero attached hydrogens (tertiary/aromatic N) is 4. The number of nitrogens with one attached hydrogen (secondary N) is 1. The lowest BCUT2D eigenvalue weighted by atomic mass is 10.2. The van der Waals surface area contributed by atoms with Crippen LogP contribution in [0, 0.1) is 6.92 Å². The predicted molar refractivity (Wildman–Crippen MR) is 128 cm³/mol. The van der Waals surface area contributed by atoms with Gasteiger partial charge in [0.25, 0.3) is 0 Å². The van der Waals surface area contributed by atoms with Gasteiger partial charge in [-0.15, -0.1) is 11.3 Å². The zero-order valence-electron chi connectivity index (χ0n) is 18.6. The molecule has 1 aliphatic heterocycles. The second kappa shape index (κ2) is 8.58. The smallest absolute Gasteiger partial charge is 0.246 e. The number of aryl methyl sites for hydroxylation is 1. The molecule has 3 aromatic heterocycles. The van der Waals surface area contributed by atoms with Crippen LogP contribution in [0.4, 0.5) is 10.9 Å². The van der Waals surface area contributed by atoms with Crippen molar-refractivity contribution < 1.29 is 9.53 Å². The zero-order valence-corrected chi connectivity index (χ0v) is 19.4. The Hall–Kier alpha value is -2.87. The predicted octanol–water partition coefficient (Wildman–Crippen LogP) is 5.21. The molecule has 2 aliphatic rings. The lowest BCUT2D eigenvalue weighted by molar-refractivity contribution is -0.126. The number of likely N-dealkylation sites (tertiary alicyclic amines) is 1. The number of hydrogen-bond donors (Lipinski definition) is 1. The summed E-state index contributed by atoms with van der Waals surface area (Å²) >= 11 is 1.60. The van der Waals surface area contributed by atoms with Gasteiger partial charge in [-0.05, 0) is 38.8 Å². The molecule has 7 nitrogen and oxygen atoms in total. The second-order valence-electron chi connectivity index (χ2n) is 8.83. The van der Waals surface area contributed by atoms with Crippen molar-refractivity contribution in [3.63, 3.8) is 0 Å². The molecule has 5 rings (SSSR count). The van der Waals surface area contributed by atoms with Crippen molar-refractivity contribution in [2.75, 3.05) is 11.9 Å². The third kappa shape index (κ3) is 3.99. The monoisotopic (exact) mass is 451 g/mol. The summed E-state index contributed by atoms with van der Waals surface area (Å²) in [4.78, 5) is 24.4. The molecule has 0 unspecified atom stereocenters. The van der Waals surface area contributed by atoms with Crippen molar-refractivity contribution in [1.29, 1.82) is 0 Å². The number of ether oxygens (including phenoxy) is 1. The number of pyridine rings is 1. The molecule has 2 atom stereocenters. The van der Waals surface area contributed by atoms with Crippen LogP contribution in [0.5, 0.6) is 5.88 Å². The molecule has 0 bridgehead atoms. The van der Waals surface area contributed by atoms with Gasteiger partial charge in [-0.3, -0.25) is 4.79 Å². The summed E-state index contributed by atoms with van der Waals surface area (Å²) < 4.78 is 8.81. The van der Waals surface area contributed by atoms with Crippen LogP contribution in [0.15, 0.2) is 37.2 Å². The van der Waals surface area contributed by atoms with Crippen molar-refractivity contribution in [2.45, 2.75) is 64.1 Å². The Labute approximate surface area is 192 Å². The fourth-order valence-electron chi connectivity index (χ4n) is 4.95. The number of aromatic nitrogens is 3. The lowest BCUT2D eigenvalue weighted by Gasteiger charge is -2.19. The van der Waals surface area contributed by atoms with Crippen molar-refractivity contribution in [3.05, 3.63) is 42.1 Å². The quantitative estimate of drug-likeness (QED) is 0.521. The average molecular weight is 452 g/mol. The van der Waals surface area contributed by atoms with Crippen molar-refractivity contribution in [2.24, 2.45) is 0 Å². The van der Waals surface area contributed by atoms with E-state index in [0.29, 0.717) is 18.5 Å². The first-order valence-corrected chi connectivity index (χ1v) is 12.1. The SMILES string of the molecule is C=CC(=O)N1C[C@@H](Oc2nc(Nc3ncc(C)s3)cc3c2ccn3C2CCCC2)C[C@@H]1C. The van der Waals surface area contributed by atoms with Crippen LogP contribution in [-0.2, 0) is 4.79 Å². The Balaban J connectivity index is 1.49. The fourth-order valence-corrected chi connectivity index (χ4v) is 5.62. The molecule has 0 spiro atoms. The van der Waals surface area contributed by atoms with Crippen LogP contribution in [-0.4, -0.2) is 44.0 Å². The van der Waals surface area contributed by atoms with Crippen LogP contribution in [0.1, 0.15) is 49.9 Å². The molecule has 168 valence electrons. The Morgan fingerprint density at radius 1 is 1.38 bits per heavy atom. The number of fused-ring (bicyclic) bond motifs is 1. The van der Waals surface area contributed by atoms with Crippen LogP contribution in [0.2, 0.25) is 0 Å². The number of rotatable bonds is 6. The van der Waals surface area contributed by atoms with Gasteiger partial charge in [-0.25, -0.2) is 4.98 Å². The first-order chi connectivity index (χ1) is 15.5. The summed E-state index contributed by atoms with van der Waals surface area (Å²) in [6, 6.07) is 4.84. The average Bonchev–Trinajstić information content (AvgIpc) is 3.55. The minimum Gasteiger partial charge on any atom is -0.472 e. The van der Waals surface area contributed by atoms with Gasteiger partial charge in [0.1, 0.15) is 11.9 Å². The van der Waals surface area contributed by atoms with Gasteiger partial charge in [0.2, 0.25) is 11.8 Å². The first kappa shape index (κ1) is 21.0. The van der Waals surface area contributed by atoms with Gasteiger partial charge in [-0.1, -0.05) is 19.4 Å². The molecular weight excluding hydrogens is 422 g/mol. The van der Waals surface area contributed by atoms with E-state index in [4.69, 9.17) is 9.72 Å². The molecule has 32 heavy (non-hydrogen) atoms. The Kier molecular flexibility index (Phi) is 5.63. The molecule has 3 aromatic rings. The first-order valence-electron chi connectivity index (χ1n) is 11.3. The summed E-state index contributed by atoms with van der Waals surface area (Å²) in [6.45, 7) is 8.25. The zero-order chi connectivity index (χ0) is 22.2. The van der Waals surface area contributed by atoms with Crippen molar-refractivity contribution >= 4 is 39.1 Å². The van der Waals surface area contributed by atoms with E-state index in [-0.39, 0.29) is 18.1 Å². The Morgan fingerprint density at radius 3 is 2.91 bits per heavy atom. The van der Waals surface area contributed by atoms with E-state index in [1.54, 1.807) is 11.3 Å². The van der Waals surface area contributed by atoms with Crippen molar-refractivity contribution in [3.8, 4) is 5.88 Å². The molecule has 1 N–H and O–H groups in total. The molecular formula is C24H29N5O2S. The standard InChI is InChI=1S/C24H29N5O2S/c1-4-22(30)29-14-18(11-15(29)2)31-23-19-9-10-28(17-7-5-6-8-17)20(19)12-21(26-23)27-24-25-13-16(3)32-24/h4,9-10,12-13,15,17-18H,1,5-8,11,14H2,2-3H3,(H,25,26,27)/t15-,18-/m0/s1. The molecule has 1 aliphatic carbocycles. The molecule has 2 fully saturated rings. The van der Waals surface area contributed by atoms with E-state index >= 15 is 0 Å². The maximum atomic E-state index is 12.2. The van der Waals surface area contributed by atoms with Crippen molar-refractivity contribution in [1.82, 2.24) is 19.4 Å². The molecule has 4 heterocycles. The highest BCUT2D eigenvalue weighted by atomic mass is 32.1. The summed E-state index contributed by atoms with van der Waals surface area (Å²) in [5, 5.41) is 5.19. The van der Waals surface area contributed by atoms with E-state index in [1.807, 2.05) is 24.9 Å². The van der Waals surface area contributed by atoms with Gasteiger partial charge in [0.05, 0.1) is 17.4 Å². The van der Waals surface area contributed by atoms with Crippen LogP contribution < -0.4 is 10.1 Å². The molecule has 0 aromatic carbocycles. The molecule has 8 heteroatoms. The summed E-state index contributed by atoms with van der Waals surface area (Å²) in [5.41, 5.74) is 1.13. The van der Waals surface area contributed by atoms with Crippen LogP contribution >= 0.6 is 11.3 Å². The van der Waals surface area contributed by atoms with Crippen LogP contribution in [0.25, 0.3) is 10.9 Å². The summed E-state index contributed by atoms with van der Waals surface area (Å²) in [6.07, 6.45) is 11.0. The van der Waals surface area contributed by atoms with Crippen LogP contribution in [0.3, 0.4) is 0 Å². The number of carbonyl (C=O) groups excluding carboxylic acids is 1. The number of thiazole rings is 1. The number of carbonyl (C=O) groups is 1. The maximum absolute atomic E-state index is 12.2. The normalized spacial score (nSPS) is 21.4. The lowest BCUT2D eigenvalue weighted by Crippen LogP contribution is -2.33. The van der Waals surface area contributed by atoms with E-state index in [2.05, 4.69) is 39.8 Å². The van der Waals surface area contributed by atoms with Gasteiger partial charge in [0, 0.05) is 41.8 Å². The largest absolute Gasteiger partial charge is 0.472 e. The van der Waals surface area contributed by atoms with E-state index in [0.717, 1.165) is 33.2 Å². The molecule has 0 radical (unpaired) electrons. The van der Waals surface area contributed by atoms with Gasteiger partial charge < -0.3 is 19.5 Å². The van der Waals surface area contributed by atoms with E-state index in [1.165, 1.54) is 31.8 Å². The Bertz CT molecular complexity index is 1150. The number of hydrogen-bond acceptors (Lipinski definition) is 6. The maximum Gasteiger partial charge on any atom is 0.246 e. The topological polar surface area (TPSA) is 72.3 Å². The third-order valence-corrected chi connectivity index (χ3v) is 7.36. The number of anilines is 2. The van der Waals surface area contributed by atoms with E-state index in [9.17, 15) is 4.79 Å². The highest BCUT2D eigenvalue weighted by Crippen LogP contribution is 2.37. The number of amides is 1. The summed E-state index contributed by atoms with van der Waals surface area (Å²) in [7, 11) is 0. The molecule has 1 saturated carbocycles. The van der Waals surface area contributed by atoms with E-state index < -0.39 is 0 Å². The Morgan fingerprint density at radius 2 is 2.19 bits per heavy atom. The van der Waals surface area contributed by atoms with Gasteiger partial charge in [0.15, 0.2) is 5.13 Å². The highest BCUT2D eigenvalue weighted by molar-refractivity contribution is 7.15. The fraction of sp³-hybridized carbons (Fsp3) is 0.458. The molecule has 1 amide bonds. The van der Waals surface area contributed by atoms with Gasteiger partial charge >= 0.3 is 0 Å². The third-order valence-electron chi connectivity index (χ3n) is 6.53. The minimum absolute atomic E-state index is 0.0522.